The molecule has 1 atom stereocenters. The van der Waals surface area contributed by atoms with Gasteiger partial charge in [0.05, 0.1) is 11.8 Å². The van der Waals surface area contributed by atoms with E-state index in [0.717, 1.165) is 0 Å². The molecule has 7 heteroatoms. The summed E-state index contributed by atoms with van der Waals surface area (Å²) >= 11 is 3.44. The number of carbonyl (C=O) groups excluding carboxylic acids is 1. The highest BCUT2D eigenvalue weighted by Gasteiger charge is 2.40. The van der Waals surface area contributed by atoms with Crippen molar-refractivity contribution >= 4 is 36.0 Å². The lowest BCUT2D eigenvalue weighted by Crippen LogP contribution is -2.42. The molecule has 0 radical (unpaired) electrons. The average Bonchev–Trinajstić information content (AvgIpc) is 2.44. The van der Waals surface area contributed by atoms with Gasteiger partial charge in [0, 0.05) is 16.5 Å². The topological polar surface area (TPSA) is 47.6 Å². The number of benzene rings is 1. The van der Waals surface area contributed by atoms with Crippen LogP contribution < -0.4 is 5.32 Å². The Balaban J connectivity index is 2.34. The molecular formula is C16H23BrFNO3Si. The Morgan fingerprint density at radius 2 is 2.09 bits per heavy atom. The van der Waals surface area contributed by atoms with E-state index in [2.05, 4.69) is 55.1 Å². The van der Waals surface area contributed by atoms with E-state index in [0.29, 0.717) is 22.1 Å². The smallest absolute Gasteiger partial charge is 0.411 e. The number of amides is 1. The molecule has 1 amide bonds. The van der Waals surface area contributed by atoms with Gasteiger partial charge in [-0.1, -0.05) is 42.8 Å². The van der Waals surface area contributed by atoms with E-state index in [1.165, 1.54) is 0 Å². The van der Waals surface area contributed by atoms with Crippen molar-refractivity contribution in [3.8, 4) is 0 Å². The number of hydrogen-bond donors (Lipinski definition) is 1. The molecule has 1 heterocycles. The first-order valence-corrected chi connectivity index (χ1v) is 11.6. The summed E-state index contributed by atoms with van der Waals surface area (Å²) in [5, 5.41) is 3.05. The maximum absolute atomic E-state index is 14.9. The van der Waals surface area contributed by atoms with Gasteiger partial charge in [-0.15, -0.1) is 0 Å². The van der Waals surface area contributed by atoms with E-state index in [9.17, 15) is 9.18 Å². The normalized spacial score (nSPS) is 16.4. The highest BCUT2D eigenvalue weighted by molar-refractivity contribution is 9.09. The molecule has 1 N–H and O–H groups in total. The summed E-state index contributed by atoms with van der Waals surface area (Å²) in [6.07, 6.45) is -0.932. The van der Waals surface area contributed by atoms with Crippen LogP contribution >= 0.6 is 15.9 Å². The second kappa shape index (κ2) is 6.53. The van der Waals surface area contributed by atoms with Gasteiger partial charge in [-0.05, 0) is 24.2 Å². The van der Waals surface area contributed by atoms with Crippen LogP contribution in [0.1, 0.15) is 38.0 Å². The molecule has 1 unspecified atom stereocenters. The summed E-state index contributed by atoms with van der Waals surface area (Å²) in [5.41, 5.74) is 1.32. The minimum atomic E-state index is -2.04. The molecule has 23 heavy (non-hydrogen) atoms. The molecule has 0 aliphatic carbocycles. The molecule has 1 aliphatic rings. The van der Waals surface area contributed by atoms with Crippen LogP contribution in [0.15, 0.2) is 12.1 Å². The van der Waals surface area contributed by atoms with Crippen LogP contribution in [-0.2, 0) is 15.8 Å². The van der Waals surface area contributed by atoms with Gasteiger partial charge >= 0.3 is 6.09 Å². The number of carbonyl (C=O) groups is 1. The number of fused-ring (bicyclic) bond motifs is 1. The summed E-state index contributed by atoms with van der Waals surface area (Å²) in [4.78, 5) is 11.2. The predicted octanol–water partition coefficient (Wildman–Crippen LogP) is 5.35. The van der Waals surface area contributed by atoms with E-state index in [1.807, 2.05) is 0 Å². The third-order valence-corrected chi connectivity index (χ3v) is 9.66. The first kappa shape index (κ1) is 18.4. The Morgan fingerprint density at radius 1 is 1.43 bits per heavy atom. The zero-order valence-corrected chi connectivity index (χ0v) is 16.7. The maximum Gasteiger partial charge on any atom is 0.411 e. The van der Waals surface area contributed by atoms with Crippen LogP contribution in [0.5, 0.6) is 0 Å². The van der Waals surface area contributed by atoms with Gasteiger partial charge in [-0.2, -0.15) is 0 Å². The van der Waals surface area contributed by atoms with Crippen molar-refractivity contribution in [3.63, 3.8) is 0 Å². The third-order valence-electron chi connectivity index (χ3n) is 4.59. The van der Waals surface area contributed by atoms with Gasteiger partial charge in [0.1, 0.15) is 12.4 Å². The quantitative estimate of drug-likeness (QED) is 0.544. The van der Waals surface area contributed by atoms with E-state index in [-0.39, 0.29) is 23.6 Å². The number of rotatable bonds is 4. The number of anilines is 1. The lowest BCUT2D eigenvalue weighted by atomic mass is 10.0. The van der Waals surface area contributed by atoms with Crippen molar-refractivity contribution in [3.05, 3.63) is 29.1 Å². The van der Waals surface area contributed by atoms with Gasteiger partial charge in [-0.25, -0.2) is 9.18 Å². The number of alkyl halides is 1. The Bertz CT molecular complexity index is 616. The monoisotopic (exact) mass is 403 g/mol. The third kappa shape index (κ3) is 3.77. The highest BCUT2D eigenvalue weighted by atomic mass is 79.9. The van der Waals surface area contributed by atoms with E-state index in [1.54, 1.807) is 12.1 Å². The van der Waals surface area contributed by atoms with Crippen LogP contribution in [0.4, 0.5) is 14.9 Å². The molecule has 0 bridgehead atoms. The van der Waals surface area contributed by atoms with Crippen LogP contribution in [0.2, 0.25) is 18.1 Å². The molecule has 0 spiro atoms. The zero-order chi connectivity index (χ0) is 17.4. The standard InChI is InChI=1S/C16H23BrFNO3Si/c1-16(2,3)23(4,5)22-13(8-17)10-6-7-12-11(14(10)18)9-21-15(20)19-12/h6-7,13H,8-9H2,1-5H3,(H,19,20). The molecule has 1 aromatic carbocycles. The second-order valence-corrected chi connectivity index (χ2v) is 12.6. The fraction of sp³-hybridized carbons (Fsp3) is 0.562. The second-order valence-electron chi connectivity index (χ2n) is 7.22. The van der Waals surface area contributed by atoms with Gasteiger partial charge in [-0.3, -0.25) is 5.32 Å². The highest BCUT2D eigenvalue weighted by Crippen LogP contribution is 2.41. The molecular weight excluding hydrogens is 381 g/mol. The maximum atomic E-state index is 14.9. The molecule has 1 aromatic rings. The van der Waals surface area contributed by atoms with Crippen molar-refractivity contribution in [1.82, 2.24) is 0 Å². The molecule has 4 nitrogen and oxygen atoms in total. The largest absolute Gasteiger partial charge is 0.444 e. The van der Waals surface area contributed by atoms with Crippen LogP contribution in [0, 0.1) is 5.82 Å². The summed E-state index contributed by atoms with van der Waals surface area (Å²) in [5.74, 6) is -0.370. The summed E-state index contributed by atoms with van der Waals surface area (Å²) in [6, 6.07) is 3.39. The fourth-order valence-corrected chi connectivity index (χ4v) is 4.14. The Morgan fingerprint density at radius 3 is 2.65 bits per heavy atom. The molecule has 0 aromatic heterocycles. The van der Waals surface area contributed by atoms with Crippen LogP contribution in [0.3, 0.4) is 0 Å². The summed E-state index contributed by atoms with van der Waals surface area (Å²) in [7, 11) is -2.04. The molecule has 0 saturated carbocycles. The van der Waals surface area contributed by atoms with E-state index in [4.69, 9.17) is 9.16 Å². The molecule has 0 saturated heterocycles. The number of ether oxygens (including phenoxy) is 1. The zero-order valence-electron chi connectivity index (χ0n) is 14.1. The molecule has 2 rings (SSSR count). The summed E-state index contributed by atoms with van der Waals surface area (Å²) in [6.45, 7) is 10.7. The minimum Gasteiger partial charge on any atom is -0.444 e. The van der Waals surface area contributed by atoms with Gasteiger partial charge in [0.25, 0.3) is 0 Å². The van der Waals surface area contributed by atoms with Gasteiger partial charge in [0.15, 0.2) is 8.32 Å². The first-order chi connectivity index (χ1) is 10.6. The SMILES string of the molecule is CC(C)(C)[Si](C)(C)OC(CBr)c1ccc2c(c1F)COC(=O)N2. The van der Waals surface area contributed by atoms with E-state index < -0.39 is 14.4 Å². The van der Waals surface area contributed by atoms with Crippen LogP contribution in [0.25, 0.3) is 0 Å². The minimum absolute atomic E-state index is 0.0369. The van der Waals surface area contributed by atoms with Crippen molar-refractivity contribution in [1.29, 1.82) is 0 Å². The van der Waals surface area contributed by atoms with Crippen molar-refractivity contribution in [2.75, 3.05) is 10.6 Å². The average molecular weight is 404 g/mol. The molecule has 1 aliphatic heterocycles. The van der Waals surface area contributed by atoms with Crippen molar-refractivity contribution in [2.24, 2.45) is 0 Å². The Hall–Kier alpha value is -0.923. The van der Waals surface area contributed by atoms with E-state index >= 15 is 0 Å². The molecule has 128 valence electrons. The van der Waals surface area contributed by atoms with Crippen LogP contribution in [-0.4, -0.2) is 19.7 Å². The Kier molecular flexibility index (Phi) is 5.23. The lowest BCUT2D eigenvalue weighted by Gasteiger charge is -2.39. The number of nitrogens with one attached hydrogen (secondary N) is 1. The number of cyclic esters (lactones) is 1. The van der Waals surface area contributed by atoms with Crippen molar-refractivity contribution in [2.45, 2.75) is 51.6 Å². The fourth-order valence-electron chi connectivity index (χ4n) is 2.14. The first-order valence-electron chi connectivity index (χ1n) is 7.55. The predicted molar refractivity (Wildman–Crippen MR) is 95.0 cm³/mol. The summed E-state index contributed by atoms with van der Waals surface area (Å²) < 4.78 is 26.1. The number of hydrogen-bond acceptors (Lipinski definition) is 3. The lowest BCUT2D eigenvalue weighted by molar-refractivity contribution is 0.149. The number of halogens is 2. The Labute approximate surface area is 146 Å². The van der Waals surface area contributed by atoms with Gasteiger partial charge < -0.3 is 9.16 Å². The van der Waals surface area contributed by atoms with Gasteiger partial charge in [0.2, 0.25) is 0 Å². The molecule has 0 fully saturated rings. The van der Waals surface area contributed by atoms with Crippen molar-refractivity contribution < 1.29 is 18.3 Å².